The Morgan fingerprint density at radius 1 is 1.35 bits per heavy atom. The average Bonchev–Trinajstić information content (AvgIpc) is 2.39. The van der Waals surface area contributed by atoms with Gasteiger partial charge in [0.15, 0.2) is 17.6 Å². The first-order valence-corrected chi connectivity index (χ1v) is 6.70. The smallest absolute Gasteiger partial charge is 0.344 e. The van der Waals surface area contributed by atoms with Crippen molar-refractivity contribution >= 4 is 27.9 Å². The first-order valence-electron chi connectivity index (χ1n) is 5.91. The van der Waals surface area contributed by atoms with Crippen molar-refractivity contribution in [2.75, 3.05) is 7.11 Å². The molecule has 1 aromatic carbocycles. The van der Waals surface area contributed by atoms with Crippen molar-refractivity contribution in [1.82, 2.24) is 0 Å². The third kappa shape index (κ3) is 3.86. The Bertz CT molecular complexity index is 514. The number of benzene rings is 1. The fourth-order valence-electron chi connectivity index (χ4n) is 1.59. The first kappa shape index (κ1) is 16.3. The van der Waals surface area contributed by atoms with Crippen LogP contribution in [0.5, 0.6) is 11.5 Å². The van der Waals surface area contributed by atoms with Gasteiger partial charge in [-0.2, -0.15) is 0 Å². The van der Waals surface area contributed by atoms with Crippen LogP contribution >= 0.6 is 15.9 Å². The SMILES string of the molecule is CCCC(Oc1c(Br)cc(C(=O)O)cc1OC)C(=O)O. The molecule has 0 radical (unpaired) electrons. The molecule has 1 unspecified atom stereocenters. The van der Waals surface area contributed by atoms with Crippen molar-refractivity contribution in [2.24, 2.45) is 0 Å². The molecule has 2 N–H and O–H groups in total. The highest BCUT2D eigenvalue weighted by molar-refractivity contribution is 9.10. The third-order valence-electron chi connectivity index (χ3n) is 2.56. The Morgan fingerprint density at radius 3 is 2.45 bits per heavy atom. The number of ether oxygens (including phenoxy) is 2. The van der Waals surface area contributed by atoms with Gasteiger partial charge in [0.25, 0.3) is 0 Å². The van der Waals surface area contributed by atoms with Gasteiger partial charge in [0.05, 0.1) is 17.1 Å². The molecule has 1 rings (SSSR count). The monoisotopic (exact) mass is 346 g/mol. The van der Waals surface area contributed by atoms with Crippen molar-refractivity contribution in [1.29, 1.82) is 0 Å². The van der Waals surface area contributed by atoms with E-state index in [4.69, 9.17) is 19.7 Å². The molecule has 0 spiro atoms. The normalized spacial score (nSPS) is 11.8. The van der Waals surface area contributed by atoms with Crippen LogP contribution in [0.25, 0.3) is 0 Å². The van der Waals surface area contributed by atoms with Crippen LogP contribution in [0.15, 0.2) is 16.6 Å². The first-order chi connectivity index (χ1) is 9.40. The minimum absolute atomic E-state index is 0.0171. The molecule has 0 aliphatic heterocycles. The highest BCUT2D eigenvalue weighted by Crippen LogP contribution is 2.37. The molecule has 0 heterocycles. The van der Waals surface area contributed by atoms with E-state index in [-0.39, 0.29) is 17.1 Å². The Labute approximate surface area is 124 Å². The van der Waals surface area contributed by atoms with Crippen LogP contribution in [0.3, 0.4) is 0 Å². The minimum atomic E-state index is -1.11. The lowest BCUT2D eigenvalue weighted by molar-refractivity contribution is -0.145. The van der Waals surface area contributed by atoms with Crippen LogP contribution < -0.4 is 9.47 Å². The molecule has 20 heavy (non-hydrogen) atoms. The summed E-state index contributed by atoms with van der Waals surface area (Å²) in [4.78, 5) is 22.1. The second-order valence-electron chi connectivity index (χ2n) is 4.03. The fraction of sp³-hybridized carbons (Fsp3) is 0.385. The van der Waals surface area contributed by atoms with Crippen LogP contribution in [-0.4, -0.2) is 35.4 Å². The second-order valence-corrected chi connectivity index (χ2v) is 4.88. The van der Waals surface area contributed by atoms with Gasteiger partial charge in [0.2, 0.25) is 0 Å². The average molecular weight is 347 g/mol. The topological polar surface area (TPSA) is 93.1 Å². The van der Waals surface area contributed by atoms with Crippen LogP contribution in [0.4, 0.5) is 0 Å². The van der Waals surface area contributed by atoms with Gasteiger partial charge >= 0.3 is 11.9 Å². The van der Waals surface area contributed by atoms with Gasteiger partial charge in [-0.3, -0.25) is 0 Å². The quantitative estimate of drug-likeness (QED) is 0.788. The Kier molecular flexibility index (Phi) is 5.82. The lowest BCUT2D eigenvalue weighted by atomic mass is 10.2. The Morgan fingerprint density at radius 2 is 2.00 bits per heavy atom. The van der Waals surface area contributed by atoms with Crippen LogP contribution in [-0.2, 0) is 4.79 Å². The third-order valence-corrected chi connectivity index (χ3v) is 3.15. The summed E-state index contributed by atoms with van der Waals surface area (Å²) in [6, 6.07) is 2.62. The van der Waals surface area contributed by atoms with Gasteiger partial charge < -0.3 is 19.7 Å². The number of halogens is 1. The number of aliphatic carboxylic acids is 1. The molecule has 0 aliphatic carbocycles. The summed E-state index contributed by atoms with van der Waals surface area (Å²) in [7, 11) is 1.36. The van der Waals surface area contributed by atoms with E-state index in [0.717, 1.165) is 0 Å². The van der Waals surface area contributed by atoms with Gasteiger partial charge in [0, 0.05) is 0 Å². The number of hydrogen-bond donors (Lipinski definition) is 2. The van der Waals surface area contributed by atoms with Crippen LogP contribution in [0.2, 0.25) is 0 Å². The maximum atomic E-state index is 11.1. The Hall–Kier alpha value is -1.76. The number of aromatic carboxylic acids is 1. The van der Waals surface area contributed by atoms with E-state index in [1.54, 1.807) is 0 Å². The van der Waals surface area contributed by atoms with Gasteiger partial charge in [-0.15, -0.1) is 0 Å². The summed E-state index contributed by atoms with van der Waals surface area (Å²) in [5, 5.41) is 18.1. The zero-order chi connectivity index (χ0) is 15.3. The predicted octanol–water partition coefficient (Wildman–Crippen LogP) is 2.79. The van der Waals surface area contributed by atoms with Gasteiger partial charge in [-0.25, -0.2) is 9.59 Å². The van der Waals surface area contributed by atoms with Crippen molar-refractivity contribution < 1.29 is 29.3 Å². The Balaban J connectivity index is 3.16. The number of hydrogen-bond acceptors (Lipinski definition) is 4. The highest BCUT2D eigenvalue weighted by Gasteiger charge is 2.23. The molecule has 1 atom stereocenters. The van der Waals surface area contributed by atoms with E-state index in [9.17, 15) is 9.59 Å². The van der Waals surface area contributed by atoms with E-state index in [1.807, 2.05) is 6.92 Å². The van der Waals surface area contributed by atoms with Crippen molar-refractivity contribution in [3.63, 3.8) is 0 Å². The fourth-order valence-corrected chi connectivity index (χ4v) is 2.13. The summed E-state index contributed by atoms with van der Waals surface area (Å²) in [6.45, 7) is 1.85. The van der Waals surface area contributed by atoms with E-state index in [2.05, 4.69) is 15.9 Å². The zero-order valence-electron chi connectivity index (χ0n) is 11.1. The number of carboxylic acid groups (broad SMARTS) is 2. The molecular weight excluding hydrogens is 332 g/mol. The molecule has 6 nitrogen and oxygen atoms in total. The lowest BCUT2D eigenvalue weighted by Gasteiger charge is -2.18. The van der Waals surface area contributed by atoms with E-state index < -0.39 is 18.0 Å². The van der Waals surface area contributed by atoms with E-state index in [0.29, 0.717) is 17.3 Å². The standard InChI is InChI=1S/C13H15BrO6/c1-3-4-9(13(17)18)20-11-8(14)5-7(12(15)16)6-10(11)19-2/h5-6,9H,3-4H2,1-2H3,(H,15,16)(H,17,18). The molecule has 110 valence electrons. The molecule has 0 amide bonds. The molecule has 1 aromatic rings. The summed E-state index contributed by atoms with van der Waals surface area (Å²) >= 11 is 3.17. The molecule has 0 bridgehead atoms. The minimum Gasteiger partial charge on any atom is -0.493 e. The lowest BCUT2D eigenvalue weighted by Crippen LogP contribution is -2.27. The van der Waals surface area contributed by atoms with E-state index >= 15 is 0 Å². The van der Waals surface area contributed by atoms with Gasteiger partial charge in [-0.1, -0.05) is 13.3 Å². The van der Waals surface area contributed by atoms with E-state index in [1.165, 1.54) is 19.2 Å². The highest BCUT2D eigenvalue weighted by atomic mass is 79.9. The van der Waals surface area contributed by atoms with Gasteiger partial charge in [-0.05, 0) is 34.5 Å². The molecule has 0 fully saturated rings. The maximum absolute atomic E-state index is 11.1. The molecule has 7 heteroatoms. The summed E-state index contributed by atoms with van der Waals surface area (Å²) in [6.07, 6.45) is -0.0312. The number of carboxylic acids is 2. The molecular formula is C13H15BrO6. The molecule has 0 aromatic heterocycles. The summed E-state index contributed by atoms with van der Waals surface area (Å²) in [5.74, 6) is -1.85. The van der Waals surface area contributed by atoms with Crippen molar-refractivity contribution in [3.05, 3.63) is 22.2 Å². The number of carbonyl (C=O) groups is 2. The molecule has 0 saturated heterocycles. The zero-order valence-corrected chi connectivity index (χ0v) is 12.6. The maximum Gasteiger partial charge on any atom is 0.344 e. The number of methoxy groups -OCH3 is 1. The largest absolute Gasteiger partial charge is 0.493 e. The summed E-state index contributed by atoms with van der Waals surface area (Å²) in [5.41, 5.74) is 0.0171. The summed E-state index contributed by atoms with van der Waals surface area (Å²) < 4.78 is 10.8. The predicted molar refractivity (Wildman–Crippen MR) is 74.6 cm³/mol. The van der Waals surface area contributed by atoms with Crippen molar-refractivity contribution in [2.45, 2.75) is 25.9 Å². The van der Waals surface area contributed by atoms with Gasteiger partial charge in [0.1, 0.15) is 0 Å². The molecule has 0 saturated carbocycles. The van der Waals surface area contributed by atoms with Crippen molar-refractivity contribution in [3.8, 4) is 11.5 Å². The van der Waals surface area contributed by atoms with Crippen LogP contribution in [0, 0.1) is 0 Å². The molecule has 0 aliphatic rings. The second kappa shape index (κ2) is 7.14. The van der Waals surface area contributed by atoms with Crippen LogP contribution in [0.1, 0.15) is 30.1 Å². The number of rotatable bonds is 7.